The first-order valence-corrected chi connectivity index (χ1v) is 7.78. The minimum absolute atomic E-state index is 0.157. The van der Waals surface area contributed by atoms with E-state index in [0.29, 0.717) is 24.4 Å². The largest absolute Gasteiger partial charge is 0.389 e. The van der Waals surface area contributed by atoms with Crippen LogP contribution in [-0.4, -0.2) is 22.3 Å². The van der Waals surface area contributed by atoms with Gasteiger partial charge in [0.05, 0.1) is 0 Å². The molecule has 0 bridgehead atoms. The minimum Gasteiger partial charge on any atom is -0.389 e. The molecule has 1 aliphatic rings. The molecule has 2 rings (SSSR count). The SMILES string of the molecule is CCC1CCC(=O)N(Cc2ccc(F)cc2C(N)=S)CC1. The van der Waals surface area contributed by atoms with Crippen molar-refractivity contribution in [2.45, 2.75) is 39.2 Å². The Labute approximate surface area is 130 Å². The number of thiocarbonyl (C=S) groups is 1. The second-order valence-electron chi connectivity index (χ2n) is 5.58. The highest BCUT2D eigenvalue weighted by molar-refractivity contribution is 7.80. The summed E-state index contributed by atoms with van der Waals surface area (Å²) in [4.78, 5) is 14.2. The van der Waals surface area contributed by atoms with Gasteiger partial charge in [0, 0.05) is 25.1 Å². The first-order valence-electron chi connectivity index (χ1n) is 7.37. The lowest BCUT2D eigenvalue weighted by molar-refractivity contribution is -0.131. The van der Waals surface area contributed by atoms with Gasteiger partial charge in [-0.05, 0) is 36.5 Å². The first-order chi connectivity index (χ1) is 10.0. The zero-order valence-electron chi connectivity index (χ0n) is 12.3. The molecule has 1 amide bonds. The van der Waals surface area contributed by atoms with Crippen LogP contribution in [0.15, 0.2) is 18.2 Å². The van der Waals surface area contributed by atoms with E-state index in [1.807, 2.05) is 4.90 Å². The second-order valence-corrected chi connectivity index (χ2v) is 6.02. The summed E-state index contributed by atoms with van der Waals surface area (Å²) in [6, 6.07) is 4.39. The molecule has 1 saturated heterocycles. The van der Waals surface area contributed by atoms with Crippen molar-refractivity contribution in [1.29, 1.82) is 0 Å². The van der Waals surface area contributed by atoms with Gasteiger partial charge in [-0.3, -0.25) is 4.79 Å². The van der Waals surface area contributed by atoms with Gasteiger partial charge in [0.25, 0.3) is 0 Å². The van der Waals surface area contributed by atoms with E-state index >= 15 is 0 Å². The summed E-state index contributed by atoms with van der Waals surface area (Å²) in [5.74, 6) is 0.404. The summed E-state index contributed by atoms with van der Waals surface area (Å²) in [5.41, 5.74) is 6.99. The molecule has 1 aliphatic heterocycles. The van der Waals surface area contributed by atoms with E-state index in [0.717, 1.165) is 31.4 Å². The highest BCUT2D eigenvalue weighted by atomic mass is 32.1. The molecule has 0 saturated carbocycles. The molecule has 5 heteroatoms. The lowest BCUT2D eigenvalue weighted by Gasteiger charge is -2.22. The number of rotatable bonds is 4. The van der Waals surface area contributed by atoms with Crippen molar-refractivity contribution in [2.24, 2.45) is 11.7 Å². The first kappa shape index (κ1) is 15.9. The van der Waals surface area contributed by atoms with E-state index in [9.17, 15) is 9.18 Å². The molecule has 0 aliphatic carbocycles. The highest BCUT2D eigenvalue weighted by Crippen LogP contribution is 2.23. The van der Waals surface area contributed by atoms with Crippen molar-refractivity contribution in [2.75, 3.05) is 6.54 Å². The maximum atomic E-state index is 13.3. The molecule has 1 unspecified atom stereocenters. The lowest BCUT2D eigenvalue weighted by atomic mass is 9.98. The van der Waals surface area contributed by atoms with E-state index < -0.39 is 0 Å². The summed E-state index contributed by atoms with van der Waals surface area (Å²) in [6.45, 7) is 3.35. The normalized spacial score (nSPS) is 19.4. The van der Waals surface area contributed by atoms with Gasteiger partial charge < -0.3 is 10.6 Å². The molecule has 0 spiro atoms. The minimum atomic E-state index is -0.366. The number of halogens is 1. The number of likely N-dealkylation sites (tertiary alicyclic amines) is 1. The number of nitrogens with zero attached hydrogens (tertiary/aromatic N) is 1. The lowest BCUT2D eigenvalue weighted by Crippen LogP contribution is -2.31. The van der Waals surface area contributed by atoms with E-state index in [-0.39, 0.29) is 16.7 Å². The molecule has 1 aromatic carbocycles. The molecule has 1 heterocycles. The average Bonchev–Trinajstić information content (AvgIpc) is 2.63. The van der Waals surface area contributed by atoms with Crippen LogP contribution in [0.25, 0.3) is 0 Å². The number of carbonyl (C=O) groups excluding carboxylic acids is 1. The number of hydrogen-bond donors (Lipinski definition) is 1. The Kier molecular flexibility index (Phi) is 5.28. The maximum absolute atomic E-state index is 13.3. The number of benzene rings is 1. The van der Waals surface area contributed by atoms with Crippen LogP contribution in [0.2, 0.25) is 0 Å². The van der Waals surface area contributed by atoms with Crippen LogP contribution in [0.3, 0.4) is 0 Å². The van der Waals surface area contributed by atoms with Crippen molar-refractivity contribution in [3.05, 3.63) is 35.1 Å². The van der Waals surface area contributed by atoms with Gasteiger partial charge >= 0.3 is 0 Å². The van der Waals surface area contributed by atoms with Crippen molar-refractivity contribution >= 4 is 23.1 Å². The van der Waals surface area contributed by atoms with Crippen molar-refractivity contribution in [3.63, 3.8) is 0 Å². The topological polar surface area (TPSA) is 46.3 Å². The van der Waals surface area contributed by atoms with Crippen molar-refractivity contribution < 1.29 is 9.18 Å². The molecule has 0 aromatic heterocycles. The van der Waals surface area contributed by atoms with Gasteiger partial charge in [-0.25, -0.2) is 4.39 Å². The molecular weight excluding hydrogens is 287 g/mol. The van der Waals surface area contributed by atoms with Crippen LogP contribution in [0.4, 0.5) is 4.39 Å². The Balaban J connectivity index is 2.17. The van der Waals surface area contributed by atoms with Gasteiger partial charge in [-0.1, -0.05) is 31.6 Å². The van der Waals surface area contributed by atoms with Crippen LogP contribution in [0, 0.1) is 11.7 Å². The van der Waals surface area contributed by atoms with Gasteiger partial charge in [0.2, 0.25) is 5.91 Å². The fourth-order valence-electron chi connectivity index (χ4n) is 2.79. The van der Waals surface area contributed by atoms with E-state index in [1.54, 1.807) is 6.07 Å². The van der Waals surface area contributed by atoms with Crippen LogP contribution in [0.1, 0.15) is 43.7 Å². The molecular formula is C16H21FN2OS. The Morgan fingerprint density at radius 3 is 2.90 bits per heavy atom. The monoisotopic (exact) mass is 308 g/mol. The van der Waals surface area contributed by atoms with E-state index in [2.05, 4.69) is 6.92 Å². The van der Waals surface area contributed by atoms with Crippen LogP contribution >= 0.6 is 12.2 Å². The van der Waals surface area contributed by atoms with Crippen molar-refractivity contribution in [1.82, 2.24) is 4.90 Å². The van der Waals surface area contributed by atoms with Crippen molar-refractivity contribution in [3.8, 4) is 0 Å². The third-order valence-corrected chi connectivity index (χ3v) is 4.42. The Hall–Kier alpha value is -1.49. The van der Waals surface area contributed by atoms with Gasteiger partial charge in [0.1, 0.15) is 10.8 Å². The molecule has 21 heavy (non-hydrogen) atoms. The maximum Gasteiger partial charge on any atom is 0.222 e. The standard InChI is InChI=1S/C16H21FN2OS/c1-2-11-3-6-15(20)19(8-7-11)10-12-4-5-13(17)9-14(12)16(18)21/h4-5,9,11H,2-3,6-8,10H2,1H3,(H2,18,21). The number of hydrogen-bond acceptors (Lipinski definition) is 2. The quantitative estimate of drug-likeness (QED) is 0.870. The van der Waals surface area contributed by atoms with Crippen LogP contribution in [0.5, 0.6) is 0 Å². The van der Waals surface area contributed by atoms with Gasteiger partial charge in [-0.15, -0.1) is 0 Å². The molecule has 3 nitrogen and oxygen atoms in total. The number of carbonyl (C=O) groups is 1. The van der Waals surface area contributed by atoms with Crippen LogP contribution in [-0.2, 0) is 11.3 Å². The van der Waals surface area contributed by atoms with E-state index in [1.165, 1.54) is 12.1 Å². The zero-order valence-corrected chi connectivity index (χ0v) is 13.1. The number of amides is 1. The smallest absolute Gasteiger partial charge is 0.222 e. The highest BCUT2D eigenvalue weighted by Gasteiger charge is 2.22. The fourth-order valence-corrected chi connectivity index (χ4v) is 2.98. The second kappa shape index (κ2) is 6.98. The number of nitrogens with two attached hydrogens (primary N) is 1. The Morgan fingerprint density at radius 1 is 1.48 bits per heavy atom. The Morgan fingerprint density at radius 2 is 2.24 bits per heavy atom. The molecule has 1 atom stereocenters. The van der Waals surface area contributed by atoms with Gasteiger partial charge in [0.15, 0.2) is 0 Å². The Bertz CT molecular complexity index is 547. The molecule has 114 valence electrons. The third kappa shape index (κ3) is 4.00. The summed E-state index contributed by atoms with van der Waals surface area (Å²) in [7, 11) is 0. The molecule has 1 aromatic rings. The summed E-state index contributed by atoms with van der Waals surface area (Å²) in [6.07, 6.45) is 3.67. The third-order valence-electron chi connectivity index (χ3n) is 4.20. The summed E-state index contributed by atoms with van der Waals surface area (Å²) < 4.78 is 13.3. The molecule has 0 radical (unpaired) electrons. The predicted octanol–water partition coefficient (Wildman–Crippen LogP) is 3.00. The van der Waals surface area contributed by atoms with Crippen LogP contribution < -0.4 is 5.73 Å². The fraction of sp³-hybridized carbons (Fsp3) is 0.500. The predicted molar refractivity (Wildman–Crippen MR) is 85.3 cm³/mol. The molecule has 2 N–H and O–H groups in total. The summed E-state index contributed by atoms with van der Waals surface area (Å²) >= 11 is 4.98. The molecule has 1 fully saturated rings. The summed E-state index contributed by atoms with van der Waals surface area (Å²) in [5, 5.41) is 0. The zero-order chi connectivity index (χ0) is 15.4. The van der Waals surface area contributed by atoms with Gasteiger partial charge in [-0.2, -0.15) is 0 Å². The van der Waals surface area contributed by atoms with E-state index in [4.69, 9.17) is 18.0 Å². The average molecular weight is 308 g/mol.